The zero-order chi connectivity index (χ0) is 46.9. The second kappa shape index (κ2) is 40.6. The number of rotatable bonds is 41. The van der Waals surface area contributed by atoms with Crippen LogP contribution >= 0.6 is 0 Å². The second-order valence-corrected chi connectivity index (χ2v) is 18.6. The minimum absolute atomic E-state index is 0.0837. The van der Waals surface area contributed by atoms with Crippen molar-refractivity contribution in [2.75, 3.05) is 19.0 Å². The fourth-order valence-electron chi connectivity index (χ4n) is 7.19. The Morgan fingerprint density at radius 1 is 0.531 bits per heavy atom. The molecule has 0 aromatic rings. The lowest BCUT2D eigenvalue weighted by atomic mass is 10.00. The third-order valence-corrected chi connectivity index (χ3v) is 11.8. The zero-order valence-electron chi connectivity index (χ0n) is 39.6. The van der Waals surface area contributed by atoms with Crippen LogP contribution in [0.4, 0.5) is 0 Å². The van der Waals surface area contributed by atoms with E-state index in [1.165, 1.54) is 96.3 Å². The molecule has 13 heteroatoms. The highest BCUT2D eigenvalue weighted by Gasteiger charge is 2.46. The maximum atomic E-state index is 12.8. The largest absolute Gasteiger partial charge is 0.462 e. The molecule has 0 aromatic carbocycles. The highest BCUT2D eigenvalue weighted by molar-refractivity contribution is 7.85. The highest BCUT2D eigenvalue weighted by atomic mass is 32.2. The summed E-state index contributed by atoms with van der Waals surface area (Å²) in [4.78, 5) is 25.4. The van der Waals surface area contributed by atoms with Crippen LogP contribution in [0.5, 0.6) is 0 Å². The molecule has 1 aliphatic rings. The van der Waals surface area contributed by atoms with Gasteiger partial charge in [-0.05, 0) is 77.0 Å². The number of hydrogen-bond donors (Lipinski definition) is 4. The van der Waals surface area contributed by atoms with Gasteiger partial charge in [-0.1, -0.05) is 164 Å². The number of aliphatic hydroxyl groups excluding tert-OH is 3. The maximum Gasteiger partial charge on any atom is 0.306 e. The number of carbonyl (C=O) groups is 2. The lowest BCUT2D eigenvalue weighted by Crippen LogP contribution is -2.60. The minimum Gasteiger partial charge on any atom is -0.462 e. The SMILES string of the molecule is CCCCCCCCC/C=C/C/C=C/C/C=C/C/C=C/CCCC(=O)O[C@H](COC(=O)CCCCC/C=C/CCCCCCCCCC)CO[C@H]1O[C@H](CS(=O)(=O)O)[C@@H](O)C(O)C1O. The summed E-state index contributed by atoms with van der Waals surface area (Å²) in [7, 11) is -4.61. The van der Waals surface area contributed by atoms with Crippen LogP contribution in [0.2, 0.25) is 0 Å². The Morgan fingerprint density at radius 2 is 0.953 bits per heavy atom. The first-order valence-corrected chi connectivity index (χ1v) is 26.5. The van der Waals surface area contributed by atoms with Crippen LogP contribution in [0, 0.1) is 0 Å². The molecule has 1 heterocycles. The Bertz CT molecular complexity index is 1410. The number of esters is 2. The van der Waals surface area contributed by atoms with Crippen molar-refractivity contribution >= 4 is 22.1 Å². The van der Waals surface area contributed by atoms with Gasteiger partial charge < -0.3 is 34.3 Å². The van der Waals surface area contributed by atoms with Gasteiger partial charge in [0.25, 0.3) is 10.1 Å². The third kappa shape index (κ3) is 34.7. The molecule has 12 nitrogen and oxygen atoms in total. The molecule has 2 unspecified atom stereocenters. The number of unbranched alkanes of at least 4 members (excludes halogenated alkanes) is 19. The predicted molar refractivity (Wildman–Crippen MR) is 256 cm³/mol. The predicted octanol–water partition coefficient (Wildman–Crippen LogP) is 10.9. The van der Waals surface area contributed by atoms with Crippen LogP contribution in [0.25, 0.3) is 0 Å². The van der Waals surface area contributed by atoms with Gasteiger partial charge in [-0.2, -0.15) is 8.42 Å². The number of hydrogen-bond acceptors (Lipinski definition) is 11. The van der Waals surface area contributed by atoms with Crippen molar-refractivity contribution in [1.29, 1.82) is 0 Å². The molecule has 1 rings (SSSR count). The molecule has 1 aliphatic heterocycles. The molecular formula is C51H88O12S. The highest BCUT2D eigenvalue weighted by Crippen LogP contribution is 2.24. The van der Waals surface area contributed by atoms with E-state index in [0.717, 1.165) is 51.4 Å². The summed E-state index contributed by atoms with van der Waals surface area (Å²) in [6, 6.07) is 0. The first-order valence-electron chi connectivity index (χ1n) is 24.8. The van der Waals surface area contributed by atoms with Gasteiger partial charge in [0.1, 0.15) is 36.8 Å². The van der Waals surface area contributed by atoms with Gasteiger partial charge in [-0.25, -0.2) is 0 Å². The van der Waals surface area contributed by atoms with Crippen LogP contribution in [0.1, 0.15) is 194 Å². The lowest BCUT2D eigenvalue weighted by molar-refractivity contribution is -0.297. The lowest BCUT2D eigenvalue weighted by Gasteiger charge is -2.40. The van der Waals surface area contributed by atoms with E-state index in [4.69, 9.17) is 18.9 Å². The van der Waals surface area contributed by atoms with Crippen LogP contribution in [0.15, 0.2) is 60.8 Å². The van der Waals surface area contributed by atoms with Crippen molar-refractivity contribution in [3.63, 3.8) is 0 Å². The van der Waals surface area contributed by atoms with Crippen LogP contribution in [-0.2, 0) is 38.7 Å². The van der Waals surface area contributed by atoms with Gasteiger partial charge >= 0.3 is 11.9 Å². The molecule has 0 aromatic heterocycles. The van der Waals surface area contributed by atoms with Crippen molar-refractivity contribution in [3.8, 4) is 0 Å². The van der Waals surface area contributed by atoms with E-state index in [0.29, 0.717) is 19.3 Å². The molecule has 370 valence electrons. The Hall–Kier alpha value is -2.65. The summed E-state index contributed by atoms with van der Waals surface area (Å²) in [6.45, 7) is 3.70. The quantitative estimate of drug-likeness (QED) is 0.0197. The molecule has 64 heavy (non-hydrogen) atoms. The van der Waals surface area contributed by atoms with Crippen LogP contribution < -0.4 is 0 Å². The average molecular weight is 925 g/mol. The van der Waals surface area contributed by atoms with Gasteiger partial charge in [0.2, 0.25) is 0 Å². The average Bonchev–Trinajstić information content (AvgIpc) is 3.26. The molecule has 6 atom stereocenters. The Kier molecular flexibility index (Phi) is 37.7. The summed E-state index contributed by atoms with van der Waals surface area (Å²) in [6.07, 6.45) is 41.3. The van der Waals surface area contributed by atoms with E-state index in [-0.39, 0.29) is 19.4 Å². The Balaban J connectivity index is 2.46. The van der Waals surface area contributed by atoms with Crippen molar-refractivity contribution in [2.24, 2.45) is 0 Å². The standard InChI is InChI=1S/C51H88O12S/c1-3-5-7-9-11-13-15-17-19-20-21-22-23-24-26-28-30-32-34-36-38-40-47(53)62-44(42-61-51-50(56)49(55)48(54)45(63-51)43-64(57,58)59)41-60-46(52)39-37-35-33-31-29-27-25-18-16-14-12-10-8-6-4-2/h19-20,22-23,26-29,32,34,44-45,48-51,54-56H,3-18,21,24-25,30-31,33,35-43H2,1-2H3,(H,57,58,59)/b20-19+,23-22+,28-26+,29-27+,34-32+/t44-,45-,48-,49?,50?,51+/m1/s1. The van der Waals surface area contributed by atoms with Crippen molar-refractivity contribution in [3.05, 3.63) is 60.8 Å². The summed E-state index contributed by atoms with van der Waals surface area (Å²) < 4.78 is 54.1. The maximum absolute atomic E-state index is 12.8. The molecule has 0 spiro atoms. The second-order valence-electron chi connectivity index (χ2n) is 17.1. The molecule has 1 fully saturated rings. The fourth-order valence-corrected chi connectivity index (χ4v) is 7.88. The zero-order valence-corrected chi connectivity index (χ0v) is 40.4. The van der Waals surface area contributed by atoms with Crippen LogP contribution in [-0.4, -0.2) is 96.0 Å². The van der Waals surface area contributed by atoms with Crippen molar-refractivity contribution < 1.29 is 56.8 Å². The molecule has 1 saturated heterocycles. The third-order valence-electron chi connectivity index (χ3n) is 11.1. The van der Waals surface area contributed by atoms with Gasteiger partial charge in [0.05, 0.1) is 6.61 Å². The monoisotopic (exact) mass is 925 g/mol. The molecular weight excluding hydrogens is 837 g/mol. The normalized spacial score (nSPS) is 20.1. The first kappa shape index (κ1) is 59.4. The summed E-state index contributed by atoms with van der Waals surface area (Å²) in [5, 5.41) is 30.9. The molecule has 0 radical (unpaired) electrons. The summed E-state index contributed by atoms with van der Waals surface area (Å²) in [5.41, 5.74) is 0. The number of allylic oxidation sites excluding steroid dienone is 10. The molecule has 0 bridgehead atoms. The van der Waals surface area contributed by atoms with E-state index in [2.05, 4.69) is 62.5 Å². The van der Waals surface area contributed by atoms with Gasteiger partial charge in [-0.3, -0.25) is 14.1 Å². The fraction of sp³-hybridized carbons (Fsp3) is 0.765. The topological polar surface area (TPSA) is 186 Å². The molecule has 0 aliphatic carbocycles. The molecule has 0 saturated carbocycles. The van der Waals surface area contributed by atoms with Gasteiger partial charge in [0, 0.05) is 12.8 Å². The van der Waals surface area contributed by atoms with E-state index in [1.54, 1.807) is 0 Å². The molecule has 4 N–H and O–H groups in total. The number of ether oxygens (including phenoxy) is 4. The minimum atomic E-state index is -4.61. The Labute approximate surface area is 387 Å². The van der Waals surface area contributed by atoms with E-state index in [9.17, 15) is 37.9 Å². The smallest absolute Gasteiger partial charge is 0.306 e. The summed E-state index contributed by atoms with van der Waals surface area (Å²) in [5.74, 6) is -2.08. The number of aliphatic hydroxyl groups is 3. The van der Waals surface area contributed by atoms with Crippen molar-refractivity contribution in [1.82, 2.24) is 0 Å². The summed E-state index contributed by atoms with van der Waals surface area (Å²) >= 11 is 0. The molecule has 0 amide bonds. The van der Waals surface area contributed by atoms with E-state index in [1.807, 2.05) is 12.2 Å². The van der Waals surface area contributed by atoms with Crippen LogP contribution in [0.3, 0.4) is 0 Å². The Morgan fingerprint density at radius 3 is 1.45 bits per heavy atom. The van der Waals surface area contributed by atoms with E-state index < -0.39 is 71.2 Å². The van der Waals surface area contributed by atoms with Crippen molar-refractivity contribution in [2.45, 2.75) is 230 Å². The van der Waals surface area contributed by atoms with Gasteiger partial charge in [-0.15, -0.1) is 0 Å². The van der Waals surface area contributed by atoms with E-state index >= 15 is 0 Å². The van der Waals surface area contributed by atoms with Gasteiger partial charge in [0.15, 0.2) is 12.4 Å². The first-order chi connectivity index (χ1) is 31.0. The number of carbonyl (C=O) groups excluding carboxylic acids is 2.